The van der Waals surface area contributed by atoms with E-state index in [0.717, 1.165) is 16.9 Å². The maximum Gasteiger partial charge on any atom is 0.142 e. The van der Waals surface area contributed by atoms with Gasteiger partial charge in [0.25, 0.3) is 0 Å². The Balaban J connectivity index is 1.84. The van der Waals surface area contributed by atoms with Gasteiger partial charge >= 0.3 is 0 Å². The molecule has 3 heteroatoms. The maximum absolute atomic E-state index is 5.26. The fourth-order valence-corrected chi connectivity index (χ4v) is 1.58. The fourth-order valence-electron chi connectivity index (χ4n) is 1.58. The topological polar surface area (TPSA) is 30.8 Å². The normalized spacial score (nSPS) is 10.6. The van der Waals surface area contributed by atoms with Crippen molar-refractivity contribution in [2.75, 3.05) is 7.11 Å². The van der Waals surface area contributed by atoms with Gasteiger partial charge in [0.2, 0.25) is 0 Å². The van der Waals surface area contributed by atoms with Gasteiger partial charge in [-0.05, 0) is 42.3 Å². The van der Waals surface area contributed by atoms with E-state index >= 15 is 0 Å². The number of ether oxygens (including phenoxy) is 1. The van der Waals surface area contributed by atoms with Gasteiger partial charge in [-0.3, -0.25) is 0 Å². The number of benzene rings is 2. The summed E-state index contributed by atoms with van der Waals surface area (Å²) in [7, 11) is 1.65. The molecule has 2 aromatic carbocycles. The zero-order valence-electron chi connectivity index (χ0n) is 11.2. The van der Waals surface area contributed by atoms with Crippen molar-refractivity contribution >= 4 is 6.21 Å². The highest BCUT2D eigenvalue weighted by Crippen LogP contribution is 2.10. The third-order valence-electron chi connectivity index (χ3n) is 2.74. The Morgan fingerprint density at radius 2 is 1.68 bits per heavy atom. The van der Waals surface area contributed by atoms with Crippen LogP contribution in [0.3, 0.4) is 0 Å². The van der Waals surface area contributed by atoms with Crippen LogP contribution >= 0.6 is 0 Å². The van der Waals surface area contributed by atoms with Gasteiger partial charge < -0.3 is 9.57 Å². The first-order chi connectivity index (χ1) is 9.28. The van der Waals surface area contributed by atoms with Crippen molar-refractivity contribution in [3.05, 3.63) is 65.2 Å². The minimum Gasteiger partial charge on any atom is -0.497 e. The van der Waals surface area contributed by atoms with Gasteiger partial charge in [-0.2, -0.15) is 0 Å². The molecule has 2 rings (SSSR count). The Morgan fingerprint density at radius 1 is 1.00 bits per heavy atom. The summed E-state index contributed by atoms with van der Waals surface area (Å²) in [5.74, 6) is 0.831. The van der Waals surface area contributed by atoms with Crippen LogP contribution in [0.1, 0.15) is 16.7 Å². The molecule has 0 aliphatic rings. The number of oxime groups is 1. The third kappa shape index (κ3) is 4.14. The first-order valence-electron chi connectivity index (χ1n) is 6.13. The quantitative estimate of drug-likeness (QED) is 0.604. The summed E-state index contributed by atoms with van der Waals surface area (Å²) >= 11 is 0. The molecule has 0 spiro atoms. The van der Waals surface area contributed by atoms with E-state index in [0.29, 0.717) is 6.61 Å². The average molecular weight is 255 g/mol. The molecule has 0 aliphatic heterocycles. The van der Waals surface area contributed by atoms with E-state index < -0.39 is 0 Å². The van der Waals surface area contributed by atoms with Crippen LogP contribution in [0.4, 0.5) is 0 Å². The molecular formula is C16H17NO2. The summed E-state index contributed by atoms with van der Waals surface area (Å²) < 4.78 is 5.09. The molecule has 0 aromatic heterocycles. The molecule has 0 N–H and O–H groups in total. The van der Waals surface area contributed by atoms with Crippen LogP contribution in [0.15, 0.2) is 53.7 Å². The van der Waals surface area contributed by atoms with E-state index in [1.807, 2.05) is 36.4 Å². The fraction of sp³-hybridized carbons (Fsp3) is 0.188. The van der Waals surface area contributed by atoms with E-state index in [9.17, 15) is 0 Å². The molecule has 2 aromatic rings. The number of aryl methyl sites for hydroxylation is 1. The molecule has 0 saturated heterocycles. The number of hydrogen-bond acceptors (Lipinski definition) is 3. The van der Waals surface area contributed by atoms with E-state index in [-0.39, 0.29) is 0 Å². The molecule has 19 heavy (non-hydrogen) atoms. The molecule has 3 nitrogen and oxygen atoms in total. The van der Waals surface area contributed by atoms with Crippen LogP contribution in [-0.4, -0.2) is 13.3 Å². The predicted octanol–water partition coefficient (Wildman–Crippen LogP) is 3.55. The standard InChI is InChI=1S/C16H17NO2/c1-13-3-5-15(6-4-13)12-19-17-11-14-7-9-16(18-2)10-8-14/h3-11H,12H2,1-2H3. The highest BCUT2D eigenvalue weighted by Gasteiger charge is 1.93. The lowest BCUT2D eigenvalue weighted by Crippen LogP contribution is -1.89. The van der Waals surface area contributed by atoms with Crippen LogP contribution in [0.2, 0.25) is 0 Å². The van der Waals surface area contributed by atoms with Crippen LogP contribution in [0.25, 0.3) is 0 Å². The summed E-state index contributed by atoms with van der Waals surface area (Å²) in [6, 6.07) is 15.8. The number of hydrogen-bond donors (Lipinski definition) is 0. The molecule has 0 radical (unpaired) electrons. The molecule has 0 saturated carbocycles. The minimum atomic E-state index is 0.479. The van der Waals surface area contributed by atoms with Gasteiger partial charge in [-0.1, -0.05) is 35.0 Å². The molecule has 0 fully saturated rings. The van der Waals surface area contributed by atoms with Crippen LogP contribution in [0.5, 0.6) is 5.75 Å². The highest BCUT2D eigenvalue weighted by molar-refractivity contribution is 5.79. The monoisotopic (exact) mass is 255 g/mol. The molecule has 0 heterocycles. The summed E-state index contributed by atoms with van der Waals surface area (Å²) in [4.78, 5) is 5.26. The van der Waals surface area contributed by atoms with Gasteiger partial charge in [0, 0.05) is 0 Å². The van der Waals surface area contributed by atoms with Crippen LogP contribution in [-0.2, 0) is 11.4 Å². The average Bonchev–Trinajstić information content (AvgIpc) is 2.46. The lowest BCUT2D eigenvalue weighted by molar-refractivity contribution is 0.132. The van der Waals surface area contributed by atoms with Crippen molar-refractivity contribution in [1.82, 2.24) is 0 Å². The number of nitrogens with zero attached hydrogens (tertiary/aromatic N) is 1. The maximum atomic E-state index is 5.26. The molecule has 0 unspecified atom stereocenters. The van der Waals surface area contributed by atoms with Gasteiger partial charge in [-0.25, -0.2) is 0 Å². The van der Waals surface area contributed by atoms with E-state index in [4.69, 9.17) is 9.57 Å². The van der Waals surface area contributed by atoms with Crippen molar-refractivity contribution in [1.29, 1.82) is 0 Å². The summed E-state index contributed by atoms with van der Waals surface area (Å²) in [5.41, 5.74) is 3.33. The predicted molar refractivity (Wildman–Crippen MR) is 76.6 cm³/mol. The number of methoxy groups -OCH3 is 1. The van der Waals surface area contributed by atoms with E-state index in [2.05, 4.69) is 24.2 Å². The molecule has 98 valence electrons. The summed E-state index contributed by atoms with van der Waals surface area (Å²) in [5, 5.41) is 3.95. The van der Waals surface area contributed by atoms with Gasteiger partial charge in [0.15, 0.2) is 0 Å². The molecular weight excluding hydrogens is 238 g/mol. The SMILES string of the molecule is COc1ccc(C=NOCc2ccc(C)cc2)cc1. The molecule has 0 amide bonds. The Morgan fingerprint density at radius 3 is 2.32 bits per heavy atom. The lowest BCUT2D eigenvalue weighted by atomic mass is 10.2. The molecule has 0 bridgehead atoms. The zero-order valence-corrected chi connectivity index (χ0v) is 11.2. The Kier molecular flexibility index (Phi) is 4.56. The number of rotatable bonds is 5. The van der Waals surface area contributed by atoms with E-state index in [1.165, 1.54) is 5.56 Å². The second kappa shape index (κ2) is 6.59. The minimum absolute atomic E-state index is 0.479. The van der Waals surface area contributed by atoms with Crippen LogP contribution < -0.4 is 4.74 Å². The zero-order chi connectivity index (χ0) is 13.5. The first-order valence-corrected chi connectivity index (χ1v) is 6.13. The Hall–Kier alpha value is -2.29. The van der Waals surface area contributed by atoms with Gasteiger partial charge in [0.05, 0.1) is 13.3 Å². The highest BCUT2D eigenvalue weighted by atomic mass is 16.6. The van der Waals surface area contributed by atoms with Crippen LogP contribution in [0, 0.1) is 6.92 Å². The van der Waals surface area contributed by atoms with Gasteiger partial charge in [-0.15, -0.1) is 0 Å². The first kappa shape index (κ1) is 13.1. The largest absolute Gasteiger partial charge is 0.497 e. The molecule has 0 aliphatic carbocycles. The van der Waals surface area contributed by atoms with Crippen molar-refractivity contribution < 1.29 is 9.57 Å². The van der Waals surface area contributed by atoms with Gasteiger partial charge in [0.1, 0.15) is 12.4 Å². The van der Waals surface area contributed by atoms with Crippen molar-refractivity contribution in [2.45, 2.75) is 13.5 Å². The van der Waals surface area contributed by atoms with Crippen molar-refractivity contribution in [3.8, 4) is 5.75 Å². The third-order valence-corrected chi connectivity index (χ3v) is 2.74. The smallest absolute Gasteiger partial charge is 0.142 e. The van der Waals surface area contributed by atoms with Crippen molar-refractivity contribution in [2.24, 2.45) is 5.16 Å². The van der Waals surface area contributed by atoms with Crippen molar-refractivity contribution in [3.63, 3.8) is 0 Å². The Labute approximate surface area is 113 Å². The summed E-state index contributed by atoms with van der Waals surface area (Å²) in [6.45, 7) is 2.54. The Bertz CT molecular complexity index is 530. The van der Waals surface area contributed by atoms with E-state index in [1.54, 1.807) is 13.3 Å². The lowest BCUT2D eigenvalue weighted by Gasteiger charge is -2.01. The second-order valence-electron chi connectivity index (χ2n) is 4.27. The second-order valence-corrected chi connectivity index (χ2v) is 4.27. The molecule has 0 atom stereocenters. The summed E-state index contributed by atoms with van der Waals surface area (Å²) in [6.07, 6.45) is 1.69.